The van der Waals surface area contributed by atoms with Gasteiger partial charge in [-0.3, -0.25) is 4.79 Å². The zero-order valence-electron chi connectivity index (χ0n) is 11.6. The Balaban J connectivity index is 1.75. The molecule has 0 spiro atoms. The third kappa shape index (κ3) is 2.33. The molecule has 2 aromatic rings. The monoisotopic (exact) mass is 287 g/mol. The van der Waals surface area contributed by atoms with Gasteiger partial charge in [0.05, 0.1) is 5.25 Å². The van der Waals surface area contributed by atoms with Gasteiger partial charge in [0.25, 0.3) is 0 Å². The summed E-state index contributed by atoms with van der Waals surface area (Å²) in [6, 6.07) is 8.14. The van der Waals surface area contributed by atoms with E-state index >= 15 is 0 Å². The van der Waals surface area contributed by atoms with Crippen LogP contribution in [0.2, 0.25) is 0 Å². The van der Waals surface area contributed by atoms with Gasteiger partial charge in [0.15, 0.2) is 5.16 Å². The molecule has 4 nitrogen and oxygen atoms in total. The summed E-state index contributed by atoms with van der Waals surface area (Å²) in [4.78, 5) is 18.8. The van der Waals surface area contributed by atoms with Crippen molar-refractivity contribution in [2.24, 2.45) is 7.05 Å². The Labute approximate surface area is 122 Å². The summed E-state index contributed by atoms with van der Waals surface area (Å²) in [5, 5.41) is 0.737. The number of imidazole rings is 1. The number of aromatic nitrogens is 2. The third-order valence-electron chi connectivity index (χ3n) is 3.56. The van der Waals surface area contributed by atoms with Crippen LogP contribution in [-0.2, 0) is 18.3 Å². The molecule has 0 unspecified atom stereocenters. The molecule has 1 atom stereocenters. The average molecular weight is 287 g/mol. The number of nitrogens with zero attached hydrogens (tertiary/aromatic N) is 3. The predicted molar refractivity (Wildman–Crippen MR) is 81.0 cm³/mol. The summed E-state index contributed by atoms with van der Waals surface area (Å²) in [5.74, 6) is 0.156. The van der Waals surface area contributed by atoms with E-state index in [0.717, 1.165) is 23.8 Å². The van der Waals surface area contributed by atoms with Gasteiger partial charge in [-0.2, -0.15) is 0 Å². The standard InChI is InChI=1S/C15H17N3OS/c1-11(20-15-16-8-10-17(15)2)14(19)18-9-7-12-5-3-4-6-13(12)18/h3-6,8,10-11H,7,9H2,1-2H3/t11-/m0/s1. The molecule has 1 amide bonds. The zero-order chi connectivity index (χ0) is 14.1. The van der Waals surface area contributed by atoms with Crippen molar-refractivity contribution in [3.8, 4) is 0 Å². The summed E-state index contributed by atoms with van der Waals surface area (Å²) < 4.78 is 1.94. The summed E-state index contributed by atoms with van der Waals surface area (Å²) in [6.45, 7) is 2.73. The van der Waals surface area contributed by atoms with E-state index in [1.165, 1.54) is 17.3 Å². The number of aryl methyl sites for hydroxylation is 1. The van der Waals surface area contributed by atoms with E-state index < -0.39 is 0 Å². The Morgan fingerprint density at radius 2 is 2.20 bits per heavy atom. The second kappa shape index (κ2) is 5.32. The Morgan fingerprint density at radius 3 is 2.95 bits per heavy atom. The van der Waals surface area contributed by atoms with E-state index in [-0.39, 0.29) is 11.2 Å². The minimum atomic E-state index is -0.137. The molecular weight excluding hydrogens is 270 g/mol. The number of benzene rings is 1. The predicted octanol–water partition coefficient (Wildman–Crippen LogP) is 2.49. The van der Waals surface area contributed by atoms with Crippen molar-refractivity contribution in [3.05, 3.63) is 42.2 Å². The van der Waals surface area contributed by atoms with Crippen LogP contribution in [0.1, 0.15) is 12.5 Å². The summed E-state index contributed by atoms with van der Waals surface area (Å²) in [7, 11) is 1.94. The Hall–Kier alpha value is -1.75. The van der Waals surface area contributed by atoms with Crippen LogP contribution in [0.5, 0.6) is 0 Å². The third-order valence-corrected chi connectivity index (χ3v) is 4.72. The number of fused-ring (bicyclic) bond motifs is 1. The van der Waals surface area contributed by atoms with Crippen LogP contribution in [0.25, 0.3) is 0 Å². The van der Waals surface area contributed by atoms with E-state index in [1.807, 2.05) is 47.8 Å². The first-order valence-electron chi connectivity index (χ1n) is 6.70. The van der Waals surface area contributed by atoms with Gasteiger partial charge in [0, 0.05) is 31.7 Å². The largest absolute Gasteiger partial charge is 0.329 e. The first kappa shape index (κ1) is 13.2. The highest BCUT2D eigenvalue weighted by Crippen LogP contribution is 2.30. The molecule has 0 radical (unpaired) electrons. The van der Waals surface area contributed by atoms with Crippen molar-refractivity contribution >= 4 is 23.4 Å². The van der Waals surface area contributed by atoms with Gasteiger partial charge in [-0.15, -0.1) is 0 Å². The Kier molecular flexibility index (Phi) is 3.53. The van der Waals surface area contributed by atoms with E-state index in [9.17, 15) is 4.79 Å². The molecule has 1 aliphatic rings. The molecule has 5 heteroatoms. The molecule has 0 bridgehead atoms. The van der Waals surface area contributed by atoms with Crippen molar-refractivity contribution in [3.63, 3.8) is 0 Å². The maximum Gasteiger partial charge on any atom is 0.240 e. The minimum absolute atomic E-state index is 0.137. The van der Waals surface area contributed by atoms with Crippen LogP contribution in [0.15, 0.2) is 41.8 Å². The SMILES string of the molecule is C[C@H](Sc1nccn1C)C(=O)N1CCc2ccccc21. The molecule has 0 saturated carbocycles. The first-order chi connectivity index (χ1) is 9.66. The van der Waals surface area contributed by atoms with Gasteiger partial charge in [-0.25, -0.2) is 4.98 Å². The van der Waals surface area contributed by atoms with Gasteiger partial charge in [0.2, 0.25) is 5.91 Å². The van der Waals surface area contributed by atoms with Crippen molar-refractivity contribution in [2.45, 2.75) is 23.8 Å². The molecule has 1 aromatic carbocycles. The van der Waals surface area contributed by atoms with E-state index in [4.69, 9.17) is 0 Å². The smallest absolute Gasteiger partial charge is 0.240 e. The highest BCUT2D eigenvalue weighted by Gasteiger charge is 2.28. The number of anilines is 1. The quantitative estimate of drug-likeness (QED) is 0.814. The topological polar surface area (TPSA) is 38.1 Å². The lowest BCUT2D eigenvalue weighted by molar-refractivity contribution is -0.117. The molecular formula is C15H17N3OS. The number of rotatable bonds is 3. The minimum Gasteiger partial charge on any atom is -0.329 e. The van der Waals surface area contributed by atoms with Gasteiger partial charge in [-0.05, 0) is 25.0 Å². The molecule has 1 aromatic heterocycles. The molecule has 0 saturated heterocycles. The molecule has 0 aliphatic carbocycles. The fourth-order valence-corrected chi connectivity index (χ4v) is 3.35. The Morgan fingerprint density at radius 1 is 1.40 bits per heavy atom. The van der Waals surface area contributed by atoms with Crippen molar-refractivity contribution in [1.82, 2.24) is 9.55 Å². The highest BCUT2D eigenvalue weighted by molar-refractivity contribution is 8.00. The molecule has 2 heterocycles. The van der Waals surface area contributed by atoms with Gasteiger partial charge < -0.3 is 9.47 Å². The van der Waals surface area contributed by atoms with Crippen LogP contribution < -0.4 is 4.90 Å². The number of amides is 1. The number of carbonyl (C=O) groups is 1. The second-order valence-electron chi connectivity index (χ2n) is 4.95. The fourth-order valence-electron chi connectivity index (χ4n) is 2.46. The zero-order valence-corrected chi connectivity index (χ0v) is 12.4. The van der Waals surface area contributed by atoms with Gasteiger partial charge in [-0.1, -0.05) is 30.0 Å². The second-order valence-corrected chi connectivity index (χ2v) is 6.26. The molecule has 3 rings (SSSR count). The van der Waals surface area contributed by atoms with Crippen LogP contribution in [0.3, 0.4) is 0 Å². The van der Waals surface area contributed by atoms with E-state index in [1.54, 1.807) is 6.20 Å². The first-order valence-corrected chi connectivity index (χ1v) is 7.58. The fraction of sp³-hybridized carbons (Fsp3) is 0.333. The average Bonchev–Trinajstić information content (AvgIpc) is 3.05. The number of hydrogen-bond acceptors (Lipinski definition) is 3. The van der Waals surface area contributed by atoms with Crippen molar-refractivity contribution in [1.29, 1.82) is 0 Å². The normalized spacial score (nSPS) is 15.2. The van der Waals surface area contributed by atoms with Crippen molar-refractivity contribution < 1.29 is 4.79 Å². The molecule has 0 N–H and O–H groups in total. The summed E-state index contributed by atoms with van der Waals surface area (Å²) in [6.07, 6.45) is 4.59. The van der Waals surface area contributed by atoms with Crippen LogP contribution in [0.4, 0.5) is 5.69 Å². The van der Waals surface area contributed by atoms with Gasteiger partial charge in [0.1, 0.15) is 0 Å². The number of para-hydroxylation sites is 1. The van der Waals surface area contributed by atoms with Crippen LogP contribution >= 0.6 is 11.8 Å². The maximum absolute atomic E-state index is 12.6. The van der Waals surface area contributed by atoms with Crippen molar-refractivity contribution in [2.75, 3.05) is 11.4 Å². The summed E-state index contributed by atoms with van der Waals surface area (Å²) >= 11 is 1.51. The number of carbonyl (C=O) groups excluding carboxylic acids is 1. The summed E-state index contributed by atoms with van der Waals surface area (Å²) in [5.41, 5.74) is 2.32. The lowest BCUT2D eigenvalue weighted by atomic mass is 10.2. The maximum atomic E-state index is 12.6. The van der Waals surface area contributed by atoms with Crippen LogP contribution in [0, 0.1) is 0 Å². The molecule has 104 valence electrons. The Bertz CT molecular complexity index is 638. The lowest BCUT2D eigenvalue weighted by Gasteiger charge is -2.21. The molecule has 0 fully saturated rings. The number of thioether (sulfide) groups is 1. The lowest BCUT2D eigenvalue weighted by Crippen LogP contribution is -2.35. The van der Waals surface area contributed by atoms with Crippen LogP contribution in [-0.4, -0.2) is 27.3 Å². The van der Waals surface area contributed by atoms with E-state index in [2.05, 4.69) is 11.1 Å². The van der Waals surface area contributed by atoms with E-state index in [0.29, 0.717) is 0 Å². The molecule has 1 aliphatic heterocycles. The number of hydrogen-bond donors (Lipinski definition) is 0. The molecule has 20 heavy (non-hydrogen) atoms. The van der Waals surface area contributed by atoms with Gasteiger partial charge >= 0.3 is 0 Å². The highest BCUT2D eigenvalue weighted by atomic mass is 32.2.